The van der Waals surface area contributed by atoms with E-state index in [1.54, 1.807) is 24.3 Å². The summed E-state index contributed by atoms with van der Waals surface area (Å²) >= 11 is 9.88. The predicted octanol–water partition coefficient (Wildman–Crippen LogP) is 5.98. The zero-order valence-corrected chi connectivity index (χ0v) is 21.6. The van der Waals surface area contributed by atoms with Gasteiger partial charge in [-0.2, -0.15) is 17.2 Å². The molecule has 174 valence electrons. The van der Waals surface area contributed by atoms with Gasteiger partial charge in [0.25, 0.3) is 0 Å². The predicted molar refractivity (Wildman–Crippen MR) is 125 cm³/mol. The van der Waals surface area contributed by atoms with Crippen LogP contribution in [0.1, 0.15) is 20.7 Å². The standard InChI is InChI=1S/C20H11Br3F2O7S/c21-11-7-14(22)17(15(23)8-11)32-19(27)13-6-2-4-10-3-1-5-12(16(10)13)18(26)31-9-20(24,25)33(28,29)30/h1-8H,9H2,(H,28,29,30). The zero-order valence-electron chi connectivity index (χ0n) is 16.0. The van der Waals surface area contributed by atoms with E-state index in [1.807, 2.05) is 0 Å². The summed E-state index contributed by atoms with van der Waals surface area (Å²) in [6.45, 7) is -1.91. The fourth-order valence-corrected chi connectivity index (χ4v) is 5.39. The Balaban J connectivity index is 2.00. The number of ether oxygens (including phenoxy) is 2. The third kappa shape index (κ3) is 5.60. The number of carbonyl (C=O) groups is 2. The SMILES string of the molecule is O=C(OCC(F)(F)S(=O)(=O)O)c1cccc2cccc(C(=O)Oc3c(Br)cc(Br)cc3Br)c12. The molecule has 7 nitrogen and oxygen atoms in total. The maximum atomic E-state index is 13.5. The minimum absolute atomic E-state index is 0.0505. The van der Waals surface area contributed by atoms with Crippen LogP contribution < -0.4 is 4.74 Å². The average molecular weight is 673 g/mol. The molecule has 33 heavy (non-hydrogen) atoms. The first-order valence-corrected chi connectivity index (χ1v) is 12.5. The van der Waals surface area contributed by atoms with Gasteiger partial charge in [-0.05, 0) is 61.5 Å². The Morgan fingerprint density at radius 3 is 1.97 bits per heavy atom. The smallest absolute Gasteiger partial charge is 0.402 e. The van der Waals surface area contributed by atoms with Crippen LogP contribution in [-0.4, -0.2) is 36.8 Å². The highest BCUT2D eigenvalue weighted by Gasteiger charge is 2.45. The van der Waals surface area contributed by atoms with Crippen molar-refractivity contribution >= 4 is 80.6 Å². The van der Waals surface area contributed by atoms with Gasteiger partial charge >= 0.3 is 27.3 Å². The number of hydrogen-bond acceptors (Lipinski definition) is 6. The van der Waals surface area contributed by atoms with E-state index in [9.17, 15) is 26.8 Å². The Morgan fingerprint density at radius 1 is 0.939 bits per heavy atom. The first-order valence-electron chi connectivity index (χ1n) is 8.72. The summed E-state index contributed by atoms with van der Waals surface area (Å²) in [7, 11) is -5.79. The number of fused-ring (bicyclic) bond motifs is 1. The molecule has 0 saturated carbocycles. The molecule has 13 heteroatoms. The summed E-state index contributed by atoms with van der Waals surface area (Å²) in [6, 6.07) is 12.0. The van der Waals surface area contributed by atoms with Crippen molar-refractivity contribution in [3.63, 3.8) is 0 Å². The highest BCUT2D eigenvalue weighted by molar-refractivity contribution is 9.11. The minimum atomic E-state index is -5.79. The fourth-order valence-electron chi connectivity index (χ4n) is 2.76. The lowest BCUT2D eigenvalue weighted by Gasteiger charge is -2.15. The Morgan fingerprint density at radius 2 is 1.45 bits per heavy atom. The number of esters is 2. The molecule has 0 atom stereocenters. The molecule has 0 heterocycles. The van der Waals surface area contributed by atoms with Crippen molar-refractivity contribution in [3.8, 4) is 5.75 Å². The Kier molecular flexibility index (Phi) is 7.58. The van der Waals surface area contributed by atoms with Crippen molar-refractivity contribution in [1.82, 2.24) is 0 Å². The number of alkyl halides is 2. The molecule has 0 aliphatic carbocycles. The average Bonchev–Trinajstić information content (AvgIpc) is 2.72. The lowest BCUT2D eigenvalue weighted by Crippen LogP contribution is -2.34. The molecule has 0 fully saturated rings. The second-order valence-corrected chi connectivity index (χ2v) is 10.7. The Labute approximate surface area is 211 Å². The van der Waals surface area contributed by atoms with Crippen LogP contribution in [0.25, 0.3) is 10.8 Å². The molecule has 0 unspecified atom stereocenters. The number of halogens is 5. The normalized spacial score (nSPS) is 11.9. The topological polar surface area (TPSA) is 107 Å². The summed E-state index contributed by atoms with van der Waals surface area (Å²) in [4.78, 5) is 25.5. The van der Waals surface area contributed by atoms with E-state index in [-0.39, 0.29) is 22.3 Å². The Hall–Kier alpha value is -1.93. The van der Waals surface area contributed by atoms with Crippen LogP contribution in [0.2, 0.25) is 0 Å². The number of benzene rings is 3. The van der Waals surface area contributed by atoms with E-state index >= 15 is 0 Å². The highest BCUT2D eigenvalue weighted by Crippen LogP contribution is 2.37. The van der Waals surface area contributed by atoms with E-state index in [4.69, 9.17) is 9.29 Å². The van der Waals surface area contributed by atoms with Crippen LogP contribution in [0.3, 0.4) is 0 Å². The molecular weight excluding hydrogens is 662 g/mol. The fraction of sp³-hybridized carbons (Fsp3) is 0.100. The maximum Gasteiger partial charge on any atom is 0.402 e. The second-order valence-electron chi connectivity index (χ2n) is 6.49. The van der Waals surface area contributed by atoms with E-state index in [0.717, 1.165) is 0 Å². The van der Waals surface area contributed by atoms with Crippen LogP contribution >= 0.6 is 47.8 Å². The number of carbonyl (C=O) groups excluding carboxylic acids is 2. The number of rotatable bonds is 6. The van der Waals surface area contributed by atoms with E-state index < -0.39 is 33.9 Å². The van der Waals surface area contributed by atoms with E-state index in [0.29, 0.717) is 18.8 Å². The third-order valence-corrected chi connectivity index (χ3v) is 6.76. The Bertz CT molecular complexity index is 1350. The molecule has 0 bridgehead atoms. The van der Waals surface area contributed by atoms with Gasteiger partial charge in [0.15, 0.2) is 12.4 Å². The van der Waals surface area contributed by atoms with Crippen LogP contribution in [0, 0.1) is 0 Å². The molecular formula is C20H11Br3F2O7S. The molecule has 0 amide bonds. The molecule has 0 radical (unpaired) electrons. The first-order chi connectivity index (χ1) is 15.3. The van der Waals surface area contributed by atoms with Crippen molar-refractivity contribution in [2.75, 3.05) is 6.61 Å². The van der Waals surface area contributed by atoms with Crippen molar-refractivity contribution < 1.29 is 40.8 Å². The minimum Gasteiger partial charge on any atom is -0.454 e. The number of hydrogen-bond donors (Lipinski definition) is 1. The monoisotopic (exact) mass is 670 g/mol. The molecule has 3 aromatic carbocycles. The molecule has 3 rings (SSSR count). The first kappa shape index (κ1) is 25.7. The zero-order chi connectivity index (χ0) is 24.6. The second kappa shape index (κ2) is 9.74. The van der Waals surface area contributed by atoms with Crippen LogP contribution in [0.4, 0.5) is 8.78 Å². The van der Waals surface area contributed by atoms with Crippen molar-refractivity contribution in [1.29, 1.82) is 0 Å². The highest BCUT2D eigenvalue weighted by atomic mass is 79.9. The van der Waals surface area contributed by atoms with Crippen molar-refractivity contribution in [2.24, 2.45) is 0 Å². The van der Waals surface area contributed by atoms with Crippen molar-refractivity contribution in [3.05, 3.63) is 73.1 Å². The van der Waals surface area contributed by atoms with Gasteiger partial charge in [0.05, 0.1) is 20.1 Å². The van der Waals surface area contributed by atoms with Crippen molar-refractivity contribution in [2.45, 2.75) is 5.25 Å². The van der Waals surface area contributed by atoms with Gasteiger partial charge in [-0.3, -0.25) is 4.55 Å². The van der Waals surface area contributed by atoms with Crippen LogP contribution in [-0.2, 0) is 14.9 Å². The molecule has 0 aliphatic rings. The molecule has 0 aliphatic heterocycles. The van der Waals surface area contributed by atoms with Gasteiger partial charge in [-0.1, -0.05) is 40.2 Å². The summed E-state index contributed by atoms with van der Waals surface area (Å²) in [5, 5.41) is -4.25. The van der Waals surface area contributed by atoms with Gasteiger partial charge < -0.3 is 9.47 Å². The molecule has 0 saturated heterocycles. The van der Waals surface area contributed by atoms with E-state index in [1.165, 1.54) is 24.3 Å². The lowest BCUT2D eigenvalue weighted by atomic mass is 9.99. The van der Waals surface area contributed by atoms with Crippen LogP contribution in [0.15, 0.2) is 61.9 Å². The summed E-state index contributed by atoms with van der Waals surface area (Å²) in [5.41, 5.74) is -0.344. The third-order valence-electron chi connectivity index (χ3n) is 4.25. The maximum absolute atomic E-state index is 13.5. The van der Waals surface area contributed by atoms with Gasteiger partial charge in [-0.15, -0.1) is 0 Å². The molecule has 1 N–H and O–H groups in total. The summed E-state index contributed by atoms with van der Waals surface area (Å²) < 4.78 is 68.5. The summed E-state index contributed by atoms with van der Waals surface area (Å²) in [5.74, 6) is -2.02. The molecule has 0 spiro atoms. The molecule has 3 aromatic rings. The lowest BCUT2D eigenvalue weighted by molar-refractivity contribution is -0.00937. The van der Waals surface area contributed by atoms with Gasteiger partial charge in [0.2, 0.25) is 0 Å². The van der Waals surface area contributed by atoms with Crippen LogP contribution in [0.5, 0.6) is 5.75 Å². The quantitative estimate of drug-likeness (QED) is 0.195. The van der Waals surface area contributed by atoms with Gasteiger partial charge in [0, 0.05) is 9.86 Å². The molecule has 0 aromatic heterocycles. The van der Waals surface area contributed by atoms with Gasteiger partial charge in [-0.25, -0.2) is 9.59 Å². The van der Waals surface area contributed by atoms with E-state index in [2.05, 4.69) is 52.5 Å². The summed E-state index contributed by atoms with van der Waals surface area (Å²) in [6.07, 6.45) is 0. The van der Waals surface area contributed by atoms with Gasteiger partial charge in [0.1, 0.15) is 0 Å². The largest absolute Gasteiger partial charge is 0.454 e.